The van der Waals surface area contributed by atoms with Gasteiger partial charge in [0.25, 0.3) is 11.8 Å². The fourth-order valence-corrected chi connectivity index (χ4v) is 2.15. The van der Waals surface area contributed by atoms with Crippen molar-refractivity contribution in [2.24, 2.45) is 0 Å². The van der Waals surface area contributed by atoms with Crippen molar-refractivity contribution in [3.8, 4) is 5.75 Å². The van der Waals surface area contributed by atoms with Gasteiger partial charge in [0.05, 0.1) is 12.8 Å². The standard InChI is InChI=1S/C18H16ClFN2O5/c1-26-13-5-2-11(3-6-13)18(25)21-9-17(24)27-10-16(23)22-15-8-12(19)4-7-14(15)20/h2-8H,9-10H2,1H3,(H,21,25)(H,22,23). The van der Waals surface area contributed by atoms with E-state index in [0.717, 1.165) is 6.07 Å². The van der Waals surface area contributed by atoms with Gasteiger partial charge in [-0.05, 0) is 42.5 Å². The molecule has 0 saturated carbocycles. The number of methoxy groups -OCH3 is 1. The summed E-state index contributed by atoms with van der Waals surface area (Å²) in [6, 6.07) is 9.93. The van der Waals surface area contributed by atoms with Crippen molar-refractivity contribution >= 4 is 35.1 Å². The Kier molecular flexibility index (Phi) is 7.13. The van der Waals surface area contributed by atoms with Crippen LogP contribution >= 0.6 is 11.6 Å². The van der Waals surface area contributed by atoms with Crippen LogP contribution in [0.4, 0.5) is 10.1 Å². The van der Waals surface area contributed by atoms with Crippen LogP contribution in [0.3, 0.4) is 0 Å². The fourth-order valence-electron chi connectivity index (χ4n) is 1.97. The van der Waals surface area contributed by atoms with Gasteiger partial charge < -0.3 is 20.1 Å². The topological polar surface area (TPSA) is 93.7 Å². The number of benzene rings is 2. The molecule has 142 valence electrons. The summed E-state index contributed by atoms with van der Waals surface area (Å²) < 4.78 is 23.2. The van der Waals surface area contributed by atoms with Crippen molar-refractivity contribution in [3.63, 3.8) is 0 Å². The number of esters is 1. The van der Waals surface area contributed by atoms with Gasteiger partial charge in [-0.2, -0.15) is 0 Å². The molecule has 2 N–H and O–H groups in total. The normalized spacial score (nSPS) is 10.0. The first kappa shape index (κ1) is 20.2. The molecule has 0 bridgehead atoms. The van der Waals surface area contributed by atoms with E-state index >= 15 is 0 Å². The van der Waals surface area contributed by atoms with Gasteiger partial charge in [-0.25, -0.2) is 4.39 Å². The summed E-state index contributed by atoms with van der Waals surface area (Å²) in [5.41, 5.74) is 0.203. The molecule has 2 rings (SSSR count). The minimum Gasteiger partial charge on any atom is -0.497 e. The molecule has 0 radical (unpaired) electrons. The number of anilines is 1. The Morgan fingerprint density at radius 1 is 1.11 bits per heavy atom. The molecule has 0 aliphatic carbocycles. The third kappa shape index (κ3) is 6.27. The Morgan fingerprint density at radius 2 is 1.81 bits per heavy atom. The van der Waals surface area contributed by atoms with E-state index in [0.29, 0.717) is 11.3 Å². The maximum absolute atomic E-state index is 13.5. The minimum absolute atomic E-state index is 0.128. The van der Waals surface area contributed by atoms with Crippen molar-refractivity contribution in [3.05, 3.63) is 58.9 Å². The van der Waals surface area contributed by atoms with Crippen LogP contribution in [0.15, 0.2) is 42.5 Å². The number of ether oxygens (including phenoxy) is 2. The van der Waals surface area contributed by atoms with E-state index in [4.69, 9.17) is 21.1 Å². The van der Waals surface area contributed by atoms with Crippen LogP contribution in [-0.4, -0.2) is 38.0 Å². The Hall–Kier alpha value is -3.13. The van der Waals surface area contributed by atoms with Crippen molar-refractivity contribution in [2.45, 2.75) is 0 Å². The van der Waals surface area contributed by atoms with Crippen LogP contribution in [0.1, 0.15) is 10.4 Å². The molecular formula is C18H16ClFN2O5. The number of rotatable bonds is 7. The number of carbonyl (C=O) groups excluding carboxylic acids is 3. The molecule has 0 fully saturated rings. The minimum atomic E-state index is -0.821. The Bertz CT molecular complexity index is 842. The van der Waals surface area contributed by atoms with Crippen LogP contribution < -0.4 is 15.4 Å². The average Bonchev–Trinajstić information content (AvgIpc) is 2.67. The summed E-state index contributed by atoms with van der Waals surface area (Å²) in [5.74, 6) is -2.14. The molecule has 0 saturated heterocycles. The summed E-state index contributed by atoms with van der Waals surface area (Å²) in [6.07, 6.45) is 0. The van der Waals surface area contributed by atoms with Gasteiger partial charge in [0, 0.05) is 10.6 Å². The third-order valence-corrected chi connectivity index (χ3v) is 3.55. The van der Waals surface area contributed by atoms with Gasteiger partial charge in [-0.15, -0.1) is 0 Å². The van der Waals surface area contributed by atoms with Crippen LogP contribution in [0.25, 0.3) is 0 Å². The molecule has 0 atom stereocenters. The van der Waals surface area contributed by atoms with Gasteiger partial charge >= 0.3 is 5.97 Å². The number of halogens is 2. The molecule has 9 heteroatoms. The maximum atomic E-state index is 13.5. The molecular weight excluding hydrogens is 379 g/mol. The fraction of sp³-hybridized carbons (Fsp3) is 0.167. The second-order valence-corrected chi connectivity index (χ2v) is 5.68. The van der Waals surface area contributed by atoms with E-state index in [1.807, 2.05) is 0 Å². The number of hydrogen-bond donors (Lipinski definition) is 2. The van der Waals surface area contributed by atoms with Gasteiger partial charge in [0.15, 0.2) is 6.61 Å². The molecule has 2 aromatic carbocycles. The van der Waals surface area contributed by atoms with E-state index in [9.17, 15) is 18.8 Å². The predicted octanol–water partition coefficient (Wildman–Crippen LogP) is 2.40. The molecule has 0 spiro atoms. The number of nitrogens with one attached hydrogen (secondary N) is 2. The molecule has 0 aromatic heterocycles. The second kappa shape index (κ2) is 9.54. The van der Waals surface area contributed by atoms with Gasteiger partial charge in [-0.1, -0.05) is 11.6 Å². The van der Waals surface area contributed by atoms with Crippen LogP contribution in [0, 0.1) is 5.82 Å². The molecule has 7 nitrogen and oxygen atoms in total. The summed E-state index contributed by atoms with van der Waals surface area (Å²) in [7, 11) is 1.50. The highest BCUT2D eigenvalue weighted by Crippen LogP contribution is 2.19. The van der Waals surface area contributed by atoms with Gasteiger partial charge in [0.1, 0.15) is 18.1 Å². The van der Waals surface area contributed by atoms with E-state index < -0.39 is 36.8 Å². The quantitative estimate of drug-likeness (QED) is 0.703. The van der Waals surface area contributed by atoms with Gasteiger partial charge in [0.2, 0.25) is 0 Å². The van der Waals surface area contributed by atoms with Crippen LogP contribution in [0.2, 0.25) is 5.02 Å². The van der Waals surface area contributed by atoms with E-state index in [1.165, 1.54) is 31.4 Å². The predicted molar refractivity (Wildman–Crippen MR) is 96.3 cm³/mol. The zero-order chi connectivity index (χ0) is 19.8. The zero-order valence-electron chi connectivity index (χ0n) is 14.3. The lowest BCUT2D eigenvalue weighted by Crippen LogP contribution is -2.32. The lowest BCUT2D eigenvalue weighted by atomic mass is 10.2. The van der Waals surface area contributed by atoms with Crippen molar-refractivity contribution in [1.82, 2.24) is 5.32 Å². The first-order chi connectivity index (χ1) is 12.9. The summed E-state index contributed by atoms with van der Waals surface area (Å²) in [6.45, 7) is -1.06. The smallest absolute Gasteiger partial charge is 0.325 e. The average molecular weight is 395 g/mol. The third-order valence-electron chi connectivity index (χ3n) is 3.31. The monoisotopic (exact) mass is 394 g/mol. The Labute approximate surface area is 159 Å². The molecule has 0 aliphatic rings. The molecule has 0 heterocycles. The summed E-state index contributed by atoms with van der Waals surface area (Å²) in [4.78, 5) is 35.2. The van der Waals surface area contributed by atoms with Crippen molar-refractivity contribution in [1.29, 1.82) is 0 Å². The van der Waals surface area contributed by atoms with Crippen LogP contribution in [0.5, 0.6) is 5.75 Å². The highest BCUT2D eigenvalue weighted by atomic mass is 35.5. The van der Waals surface area contributed by atoms with Gasteiger partial charge in [-0.3, -0.25) is 14.4 Å². The molecule has 2 amide bonds. The Balaban J connectivity index is 1.75. The lowest BCUT2D eigenvalue weighted by molar-refractivity contribution is -0.146. The van der Waals surface area contributed by atoms with Crippen molar-refractivity contribution in [2.75, 3.05) is 25.6 Å². The first-order valence-electron chi connectivity index (χ1n) is 7.72. The lowest BCUT2D eigenvalue weighted by Gasteiger charge is -2.09. The molecule has 0 unspecified atom stereocenters. The first-order valence-corrected chi connectivity index (χ1v) is 8.09. The number of amides is 2. The van der Waals surface area contributed by atoms with E-state index in [1.54, 1.807) is 12.1 Å². The largest absolute Gasteiger partial charge is 0.497 e. The van der Waals surface area contributed by atoms with Crippen molar-refractivity contribution < 1.29 is 28.2 Å². The highest BCUT2D eigenvalue weighted by Gasteiger charge is 2.12. The summed E-state index contributed by atoms with van der Waals surface area (Å²) >= 11 is 5.72. The van der Waals surface area contributed by atoms with E-state index in [-0.39, 0.29) is 10.7 Å². The molecule has 2 aromatic rings. The number of hydrogen-bond acceptors (Lipinski definition) is 5. The second-order valence-electron chi connectivity index (χ2n) is 5.24. The highest BCUT2D eigenvalue weighted by molar-refractivity contribution is 6.30. The number of carbonyl (C=O) groups is 3. The molecule has 27 heavy (non-hydrogen) atoms. The maximum Gasteiger partial charge on any atom is 0.325 e. The zero-order valence-corrected chi connectivity index (χ0v) is 15.0. The Morgan fingerprint density at radius 3 is 2.48 bits per heavy atom. The van der Waals surface area contributed by atoms with E-state index in [2.05, 4.69) is 10.6 Å². The SMILES string of the molecule is COc1ccc(C(=O)NCC(=O)OCC(=O)Nc2cc(Cl)ccc2F)cc1. The molecule has 0 aliphatic heterocycles. The van der Waals surface area contributed by atoms with Crippen LogP contribution in [-0.2, 0) is 14.3 Å². The summed E-state index contributed by atoms with van der Waals surface area (Å²) in [5, 5.41) is 4.84.